The highest BCUT2D eigenvalue weighted by molar-refractivity contribution is 9.10. The van der Waals surface area contributed by atoms with E-state index in [1.807, 2.05) is 36.9 Å². The first-order valence-corrected chi connectivity index (χ1v) is 10.00. The number of hydrogen-bond acceptors (Lipinski definition) is 3. The Morgan fingerprint density at radius 1 is 1.04 bits per heavy atom. The molecule has 3 rings (SSSR count). The molecule has 0 unspecified atom stereocenters. The third-order valence-electron chi connectivity index (χ3n) is 4.57. The number of rotatable bonds is 7. The summed E-state index contributed by atoms with van der Waals surface area (Å²) in [7, 11) is 0. The Bertz CT molecular complexity index is 995. The highest BCUT2D eigenvalue weighted by Gasteiger charge is 2.15. The van der Waals surface area contributed by atoms with Crippen LogP contribution in [0.1, 0.15) is 24.2 Å². The maximum atomic E-state index is 12.8. The van der Waals surface area contributed by atoms with Crippen LogP contribution in [0, 0.1) is 0 Å². The van der Waals surface area contributed by atoms with Gasteiger partial charge >= 0.3 is 0 Å². The van der Waals surface area contributed by atoms with E-state index in [0.717, 1.165) is 28.5 Å². The quantitative estimate of drug-likeness (QED) is 0.505. The summed E-state index contributed by atoms with van der Waals surface area (Å²) < 4.78 is 0.855. The van der Waals surface area contributed by atoms with Crippen molar-refractivity contribution in [1.29, 1.82) is 0 Å². The number of hydrogen-bond donors (Lipinski definition) is 3. The van der Waals surface area contributed by atoms with Crippen LogP contribution in [0.25, 0.3) is 10.9 Å². The first kappa shape index (κ1) is 20.1. The number of likely N-dealkylation sites (N-methyl/N-ethyl adjacent to an activating group) is 1. The zero-order valence-corrected chi connectivity index (χ0v) is 17.5. The maximum absolute atomic E-state index is 12.8. The van der Waals surface area contributed by atoms with Gasteiger partial charge in [0.2, 0.25) is 5.91 Å². The molecule has 2 aromatic carbocycles. The molecule has 0 fully saturated rings. The minimum atomic E-state index is -0.218. The fraction of sp³-hybridized carbons (Fsp3) is 0.238. The molecule has 0 radical (unpaired) electrons. The summed E-state index contributed by atoms with van der Waals surface area (Å²) in [5.74, 6) is -0.294. The molecule has 1 heterocycles. The Morgan fingerprint density at radius 3 is 2.43 bits per heavy atom. The number of nitrogens with zero attached hydrogens (tertiary/aromatic N) is 1. The van der Waals surface area contributed by atoms with Crippen LogP contribution in [0.15, 0.2) is 53.1 Å². The molecule has 146 valence electrons. The number of anilines is 2. The molecule has 3 aromatic rings. The van der Waals surface area contributed by atoms with E-state index >= 15 is 0 Å². The van der Waals surface area contributed by atoms with Gasteiger partial charge in [-0.3, -0.25) is 14.5 Å². The molecule has 0 spiro atoms. The molecule has 0 bridgehead atoms. The number of amides is 2. The first-order chi connectivity index (χ1) is 13.5. The lowest BCUT2D eigenvalue weighted by Gasteiger charge is -2.17. The monoisotopic (exact) mass is 442 g/mol. The van der Waals surface area contributed by atoms with Gasteiger partial charge in [0.25, 0.3) is 5.91 Å². The second-order valence-electron chi connectivity index (χ2n) is 6.41. The molecule has 6 nitrogen and oxygen atoms in total. The topological polar surface area (TPSA) is 77.2 Å². The third-order valence-corrected chi connectivity index (χ3v) is 5.23. The Balaban J connectivity index is 1.72. The lowest BCUT2D eigenvalue weighted by Crippen LogP contribution is -2.32. The Kier molecular flexibility index (Phi) is 6.49. The van der Waals surface area contributed by atoms with Crippen molar-refractivity contribution in [3.05, 3.63) is 58.7 Å². The Labute approximate surface area is 172 Å². The number of H-pyrrole nitrogens is 1. The molecule has 0 saturated carbocycles. The molecule has 0 atom stereocenters. The fourth-order valence-corrected chi connectivity index (χ4v) is 3.62. The second kappa shape index (κ2) is 9.03. The summed E-state index contributed by atoms with van der Waals surface area (Å²) in [5, 5.41) is 6.62. The van der Waals surface area contributed by atoms with Crippen LogP contribution >= 0.6 is 15.9 Å². The average molecular weight is 443 g/mol. The standard InChI is InChI=1S/C21H23BrN4O2/c1-3-26(4-2)13-19(27)24-14-7-5-8-15(11-14)25-21(28)16-12-23-18-10-6-9-17(22)20(16)18/h5-12,23H,3-4,13H2,1-2H3,(H,24,27)(H,25,28). The molecular formula is C21H23BrN4O2. The molecule has 0 aliphatic carbocycles. The van der Waals surface area contributed by atoms with Crippen molar-refractivity contribution in [2.45, 2.75) is 13.8 Å². The largest absolute Gasteiger partial charge is 0.360 e. The molecular weight excluding hydrogens is 420 g/mol. The van der Waals surface area contributed by atoms with Gasteiger partial charge < -0.3 is 15.6 Å². The van der Waals surface area contributed by atoms with Gasteiger partial charge in [0, 0.05) is 32.9 Å². The zero-order chi connectivity index (χ0) is 20.1. The average Bonchev–Trinajstić information content (AvgIpc) is 3.12. The van der Waals surface area contributed by atoms with E-state index in [0.29, 0.717) is 23.5 Å². The van der Waals surface area contributed by atoms with E-state index in [4.69, 9.17) is 0 Å². The van der Waals surface area contributed by atoms with Gasteiger partial charge in [-0.25, -0.2) is 0 Å². The number of nitrogens with one attached hydrogen (secondary N) is 3. The number of aromatic amines is 1. The number of halogens is 1. The van der Waals surface area contributed by atoms with Crippen LogP contribution in [0.5, 0.6) is 0 Å². The SMILES string of the molecule is CCN(CC)CC(=O)Nc1cccc(NC(=O)c2c[nH]c3cccc(Br)c23)c1. The normalized spacial score (nSPS) is 11.0. The van der Waals surface area contributed by atoms with Crippen molar-refractivity contribution >= 4 is 50.0 Å². The zero-order valence-electron chi connectivity index (χ0n) is 15.9. The predicted octanol–water partition coefficient (Wildman–Crippen LogP) is 4.46. The summed E-state index contributed by atoms with van der Waals surface area (Å²) in [6, 6.07) is 12.9. The van der Waals surface area contributed by atoms with Gasteiger partial charge in [0.05, 0.1) is 12.1 Å². The van der Waals surface area contributed by atoms with Crippen LogP contribution in [0.3, 0.4) is 0 Å². The van der Waals surface area contributed by atoms with Crippen molar-refractivity contribution < 1.29 is 9.59 Å². The van der Waals surface area contributed by atoms with Crippen LogP contribution in [-0.2, 0) is 4.79 Å². The van der Waals surface area contributed by atoms with E-state index in [9.17, 15) is 9.59 Å². The third kappa shape index (κ3) is 4.61. The Hall–Kier alpha value is -2.64. The number of aromatic nitrogens is 1. The molecule has 28 heavy (non-hydrogen) atoms. The fourth-order valence-electron chi connectivity index (χ4n) is 3.04. The summed E-state index contributed by atoms with van der Waals surface area (Å²) in [5.41, 5.74) is 2.71. The summed E-state index contributed by atoms with van der Waals surface area (Å²) in [6.45, 7) is 6.03. The van der Waals surface area contributed by atoms with E-state index in [1.54, 1.807) is 30.5 Å². The minimum Gasteiger partial charge on any atom is -0.360 e. The van der Waals surface area contributed by atoms with E-state index in [2.05, 4.69) is 31.5 Å². The molecule has 7 heteroatoms. The molecule has 0 aliphatic rings. The number of carbonyl (C=O) groups is 2. The summed E-state index contributed by atoms with van der Waals surface area (Å²) in [6.07, 6.45) is 1.69. The molecule has 0 saturated heterocycles. The molecule has 2 amide bonds. The maximum Gasteiger partial charge on any atom is 0.257 e. The minimum absolute atomic E-state index is 0.0762. The van der Waals surface area contributed by atoms with Gasteiger partial charge in [0.15, 0.2) is 0 Å². The van der Waals surface area contributed by atoms with Crippen molar-refractivity contribution in [2.24, 2.45) is 0 Å². The van der Waals surface area contributed by atoms with Crippen molar-refractivity contribution in [2.75, 3.05) is 30.3 Å². The molecule has 3 N–H and O–H groups in total. The molecule has 0 aliphatic heterocycles. The van der Waals surface area contributed by atoms with Crippen LogP contribution in [-0.4, -0.2) is 41.3 Å². The Morgan fingerprint density at radius 2 is 1.71 bits per heavy atom. The lowest BCUT2D eigenvalue weighted by molar-refractivity contribution is -0.117. The van der Waals surface area contributed by atoms with Gasteiger partial charge in [-0.15, -0.1) is 0 Å². The lowest BCUT2D eigenvalue weighted by atomic mass is 10.1. The van der Waals surface area contributed by atoms with Crippen molar-refractivity contribution in [3.8, 4) is 0 Å². The molecule has 1 aromatic heterocycles. The number of carbonyl (C=O) groups excluding carboxylic acids is 2. The summed E-state index contributed by atoms with van der Waals surface area (Å²) in [4.78, 5) is 30.1. The van der Waals surface area contributed by atoms with Crippen LogP contribution < -0.4 is 10.6 Å². The summed E-state index contributed by atoms with van der Waals surface area (Å²) >= 11 is 3.50. The van der Waals surface area contributed by atoms with E-state index < -0.39 is 0 Å². The number of benzene rings is 2. The van der Waals surface area contributed by atoms with Crippen molar-refractivity contribution in [1.82, 2.24) is 9.88 Å². The first-order valence-electron chi connectivity index (χ1n) is 9.21. The van der Waals surface area contributed by atoms with Crippen LogP contribution in [0.2, 0.25) is 0 Å². The predicted molar refractivity (Wildman–Crippen MR) is 117 cm³/mol. The van der Waals surface area contributed by atoms with Crippen molar-refractivity contribution in [3.63, 3.8) is 0 Å². The highest BCUT2D eigenvalue weighted by Crippen LogP contribution is 2.27. The number of fused-ring (bicyclic) bond motifs is 1. The van der Waals surface area contributed by atoms with Gasteiger partial charge in [-0.05, 0) is 43.4 Å². The van der Waals surface area contributed by atoms with Gasteiger partial charge in [-0.2, -0.15) is 0 Å². The van der Waals surface area contributed by atoms with Gasteiger partial charge in [-0.1, -0.05) is 41.9 Å². The van der Waals surface area contributed by atoms with Crippen LogP contribution in [0.4, 0.5) is 11.4 Å². The van der Waals surface area contributed by atoms with E-state index in [-0.39, 0.29) is 11.8 Å². The van der Waals surface area contributed by atoms with E-state index in [1.165, 1.54) is 0 Å². The second-order valence-corrected chi connectivity index (χ2v) is 7.26. The van der Waals surface area contributed by atoms with Gasteiger partial charge in [0.1, 0.15) is 0 Å². The highest BCUT2D eigenvalue weighted by atomic mass is 79.9. The smallest absolute Gasteiger partial charge is 0.257 e.